The highest BCUT2D eigenvalue weighted by Gasteiger charge is 2.22. The molecule has 0 aliphatic carbocycles. The third kappa shape index (κ3) is 4.33. The van der Waals surface area contributed by atoms with E-state index >= 15 is 0 Å². The maximum absolute atomic E-state index is 12.7. The molecule has 3 rings (SSSR count). The Morgan fingerprint density at radius 3 is 2.77 bits per heavy atom. The first-order valence-corrected chi connectivity index (χ1v) is 9.28. The molecule has 7 nitrogen and oxygen atoms in total. The number of likely N-dealkylation sites (tertiary alicyclic amines) is 1. The number of nitrogens with zero attached hydrogens (tertiary/aromatic N) is 5. The van der Waals surface area contributed by atoms with Crippen molar-refractivity contribution in [1.82, 2.24) is 19.7 Å². The van der Waals surface area contributed by atoms with Gasteiger partial charge in [0, 0.05) is 46.0 Å². The number of hydrogen-bond donors (Lipinski definition) is 1. The van der Waals surface area contributed by atoms with Crippen molar-refractivity contribution >= 4 is 17.4 Å². The van der Waals surface area contributed by atoms with Gasteiger partial charge in [0.15, 0.2) is 0 Å². The molecule has 3 heterocycles. The van der Waals surface area contributed by atoms with Crippen LogP contribution in [0.4, 0.5) is 11.5 Å². The van der Waals surface area contributed by atoms with Crippen LogP contribution in [0, 0.1) is 0 Å². The fourth-order valence-corrected chi connectivity index (χ4v) is 3.24. The molecule has 1 fully saturated rings. The molecule has 0 radical (unpaired) electrons. The molecule has 140 valence electrons. The number of rotatable bonds is 5. The zero-order valence-electron chi connectivity index (χ0n) is 15.9. The summed E-state index contributed by atoms with van der Waals surface area (Å²) < 4.78 is 1.79. The smallest absolute Gasteiger partial charge is 0.257 e. The molecular weight excluding hydrogens is 328 g/mol. The maximum atomic E-state index is 12.7. The average Bonchev–Trinajstić information content (AvgIpc) is 3.01. The molecular formula is C19H28N6O. The molecule has 26 heavy (non-hydrogen) atoms. The quantitative estimate of drug-likeness (QED) is 0.891. The van der Waals surface area contributed by atoms with Crippen LogP contribution in [0.2, 0.25) is 0 Å². The van der Waals surface area contributed by atoms with Crippen molar-refractivity contribution in [3.05, 3.63) is 36.3 Å². The molecule has 0 saturated carbocycles. The first-order chi connectivity index (χ1) is 12.6. The van der Waals surface area contributed by atoms with Crippen LogP contribution in [0.3, 0.4) is 0 Å². The number of anilines is 2. The number of carbonyl (C=O) groups excluding carboxylic acids is 1. The molecule has 2 aromatic rings. The van der Waals surface area contributed by atoms with Crippen LogP contribution in [0.5, 0.6) is 0 Å². The minimum atomic E-state index is 0.0855. The molecule has 1 amide bonds. The van der Waals surface area contributed by atoms with Gasteiger partial charge in [-0.2, -0.15) is 5.10 Å². The minimum Gasteiger partial charge on any atom is -0.381 e. The molecule has 2 aromatic heterocycles. The summed E-state index contributed by atoms with van der Waals surface area (Å²) in [6.07, 6.45) is 8.36. The van der Waals surface area contributed by atoms with Gasteiger partial charge in [-0.3, -0.25) is 9.48 Å². The summed E-state index contributed by atoms with van der Waals surface area (Å²) in [6, 6.07) is 4.44. The second-order valence-electron chi connectivity index (χ2n) is 6.95. The van der Waals surface area contributed by atoms with E-state index in [1.165, 1.54) is 0 Å². The standard InChI is InChI=1S/C19H28N6O/c1-4-25-14-15(12-21-25)19(26)24-10-5-6-16(9-11-24)22-17-7-8-18(20-13-17)23(2)3/h7-8,12-14,16,22H,4-6,9-11H2,1-3H3/t16-/m0/s1. The van der Waals surface area contributed by atoms with Crippen LogP contribution in [0.15, 0.2) is 30.7 Å². The van der Waals surface area contributed by atoms with Gasteiger partial charge in [0.1, 0.15) is 5.82 Å². The summed E-state index contributed by atoms with van der Waals surface area (Å²) in [4.78, 5) is 21.1. The number of carbonyl (C=O) groups is 1. The van der Waals surface area contributed by atoms with Crippen LogP contribution in [-0.2, 0) is 6.54 Å². The molecule has 1 saturated heterocycles. The van der Waals surface area contributed by atoms with Gasteiger partial charge in [0.2, 0.25) is 0 Å². The van der Waals surface area contributed by atoms with Gasteiger partial charge in [0.05, 0.1) is 23.6 Å². The SMILES string of the molecule is CCn1cc(C(=O)N2CCC[C@H](Nc3ccc(N(C)C)nc3)CC2)cn1. The van der Waals surface area contributed by atoms with Gasteiger partial charge in [-0.25, -0.2) is 4.98 Å². The third-order valence-electron chi connectivity index (χ3n) is 4.80. The Bertz CT molecular complexity index is 724. The summed E-state index contributed by atoms with van der Waals surface area (Å²) in [5, 5.41) is 7.77. The maximum Gasteiger partial charge on any atom is 0.257 e. The van der Waals surface area contributed by atoms with E-state index in [0.717, 1.165) is 50.4 Å². The summed E-state index contributed by atoms with van der Waals surface area (Å²) in [7, 11) is 3.97. The van der Waals surface area contributed by atoms with Gasteiger partial charge < -0.3 is 15.1 Å². The lowest BCUT2D eigenvalue weighted by Gasteiger charge is -2.21. The van der Waals surface area contributed by atoms with Gasteiger partial charge in [-0.1, -0.05) is 0 Å². The molecule has 0 aromatic carbocycles. The lowest BCUT2D eigenvalue weighted by atomic mass is 10.1. The Hall–Kier alpha value is -2.57. The van der Waals surface area contributed by atoms with Crippen molar-refractivity contribution in [3.63, 3.8) is 0 Å². The molecule has 0 bridgehead atoms. The monoisotopic (exact) mass is 356 g/mol. The van der Waals surface area contributed by atoms with Crippen LogP contribution < -0.4 is 10.2 Å². The number of aryl methyl sites for hydroxylation is 1. The first kappa shape index (κ1) is 18.2. The fourth-order valence-electron chi connectivity index (χ4n) is 3.24. The van der Waals surface area contributed by atoms with E-state index in [1.54, 1.807) is 10.9 Å². The molecule has 0 spiro atoms. The van der Waals surface area contributed by atoms with Crippen molar-refractivity contribution in [2.75, 3.05) is 37.4 Å². The topological polar surface area (TPSA) is 66.3 Å². The Balaban J connectivity index is 1.56. The summed E-state index contributed by atoms with van der Waals surface area (Å²) in [5.41, 5.74) is 1.71. The van der Waals surface area contributed by atoms with Crippen molar-refractivity contribution in [2.45, 2.75) is 38.8 Å². The minimum absolute atomic E-state index is 0.0855. The van der Waals surface area contributed by atoms with E-state index < -0.39 is 0 Å². The molecule has 0 unspecified atom stereocenters. The Morgan fingerprint density at radius 2 is 2.12 bits per heavy atom. The molecule has 1 N–H and O–H groups in total. The molecule has 1 aliphatic heterocycles. The number of nitrogens with one attached hydrogen (secondary N) is 1. The van der Waals surface area contributed by atoms with Crippen LogP contribution in [0.1, 0.15) is 36.5 Å². The van der Waals surface area contributed by atoms with Crippen molar-refractivity contribution in [1.29, 1.82) is 0 Å². The van der Waals surface area contributed by atoms with Crippen LogP contribution >= 0.6 is 0 Å². The highest BCUT2D eigenvalue weighted by Crippen LogP contribution is 2.19. The number of aromatic nitrogens is 3. The zero-order chi connectivity index (χ0) is 18.5. The summed E-state index contributed by atoms with van der Waals surface area (Å²) in [5.74, 6) is 1.03. The van der Waals surface area contributed by atoms with Crippen LogP contribution in [-0.4, -0.2) is 58.8 Å². The Kier molecular flexibility index (Phi) is 5.75. The Morgan fingerprint density at radius 1 is 1.27 bits per heavy atom. The van der Waals surface area contributed by atoms with Crippen molar-refractivity contribution in [2.24, 2.45) is 0 Å². The second kappa shape index (κ2) is 8.21. The molecule has 7 heteroatoms. The van der Waals surface area contributed by atoms with E-state index in [0.29, 0.717) is 11.6 Å². The Labute approximate surface area is 155 Å². The zero-order valence-corrected chi connectivity index (χ0v) is 15.9. The lowest BCUT2D eigenvalue weighted by Crippen LogP contribution is -2.32. The lowest BCUT2D eigenvalue weighted by molar-refractivity contribution is 0.0761. The predicted octanol–water partition coefficient (Wildman–Crippen LogP) is 2.47. The summed E-state index contributed by atoms with van der Waals surface area (Å²) in [6.45, 7) is 4.35. The van der Waals surface area contributed by atoms with E-state index in [9.17, 15) is 4.79 Å². The highest BCUT2D eigenvalue weighted by atomic mass is 16.2. The fraction of sp³-hybridized carbons (Fsp3) is 0.526. The largest absolute Gasteiger partial charge is 0.381 e. The van der Waals surface area contributed by atoms with Crippen molar-refractivity contribution < 1.29 is 4.79 Å². The third-order valence-corrected chi connectivity index (χ3v) is 4.80. The van der Waals surface area contributed by atoms with Gasteiger partial charge in [-0.15, -0.1) is 0 Å². The number of amides is 1. The number of pyridine rings is 1. The molecule has 1 atom stereocenters. The number of hydrogen-bond acceptors (Lipinski definition) is 5. The second-order valence-corrected chi connectivity index (χ2v) is 6.95. The van der Waals surface area contributed by atoms with E-state index in [1.807, 2.05) is 49.3 Å². The van der Waals surface area contributed by atoms with E-state index in [-0.39, 0.29) is 5.91 Å². The highest BCUT2D eigenvalue weighted by molar-refractivity contribution is 5.93. The van der Waals surface area contributed by atoms with Crippen LogP contribution in [0.25, 0.3) is 0 Å². The van der Waals surface area contributed by atoms with Gasteiger partial charge in [0.25, 0.3) is 5.91 Å². The van der Waals surface area contributed by atoms with Crippen molar-refractivity contribution in [3.8, 4) is 0 Å². The van der Waals surface area contributed by atoms with Gasteiger partial charge in [-0.05, 0) is 38.3 Å². The van der Waals surface area contributed by atoms with Gasteiger partial charge >= 0.3 is 0 Å². The average molecular weight is 356 g/mol. The first-order valence-electron chi connectivity index (χ1n) is 9.28. The van der Waals surface area contributed by atoms with E-state index in [4.69, 9.17) is 0 Å². The van der Waals surface area contributed by atoms with E-state index in [2.05, 4.69) is 21.5 Å². The molecule has 1 aliphatic rings. The predicted molar refractivity (Wildman–Crippen MR) is 104 cm³/mol. The normalized spacial score (nSPS) is 17.7. The summed E-state index contributed by atoms with van der Waals surface area (Å²) >= 11 is 0.